The van der Waals surface area contributed by atoms with E-state index in [0.29, 0.717) is 26.1 Å². The summed E-state index contributed by atoms with van der Waals surface area (Å²) >= 11 is 0. The molecule has 2 aromatic rings. The van der Waals surface area contributed by atoms with E-state index in [2.05, 4.69) is 10.1 Å². The number of ether oxygens (including phenoxy) is 1. The first kappa shape index (κ1) is 23.0. The third-order valence-electron chi connectivity index (χ3n) is 4.58. The fourth-order valence-electron chi connectivity index (χ4n) is 3.27. The van der Waals surface area contributed by atoms with Crippen LogP contribution in [0.3, 0.4) is 0 Å². The molecule has 158 valence electrons. The molecule has 3 rings (SSSR count). The monoisotopic (exact) mass is 432 g/mol. The second-order valence-electron chi connectivity index (χ2n) is 6.55. The van der Waals surface area contributed by atoms with E-state index < -0.39 is 6.36 Å². The highest BCUT2D eigenvalue weighted by Gasteiger charge is 2.31. The molecule has 1 N–H and O–H groups in total. The molecule has 0 aromatic heterocycles. The molecular formula is C20H21ClF4N2O2. The van der Waals surface area contributed by atoms with Crippen molar-refractivity contribution in [3.63, 3.8) is 0 Å². The largest absolute Gasteiger partial charge is 0.573 e. The summed E-state index contributed by atoms with van der Waals surface area (Å²) in [6.45, 7) is 1.71. The van der Waals surface area contributed by atoms with Gasteiger partial charge < -0.3 is 15.0 Å². The number of rotatable bonds is 5. The number of carbonyl (C=O) groups excluding carboxylic acids is 1. The number of piperazine rings is 1. The van der Waals surface area contributed by atoms with Crippen molar-refractivity contribution in [3.8, 4) is 5.75 Å². The van der Waals surface area contributed by atoms with Gasteiger partial charge in [0.2, 0.25) is 5.91 Å². The summed E-state index contributed by atoms with van der Waals surface area (Å²) in [6, 6.07) is 11.4. The van der Waals surface area contributed by atoms with E-state index >= 15 is 0 Å². The summed E-state index contributed by atoms with van der Waals surface area (Å²) < 4.78 is 54.0. The Labute approximate surface area is 172 Å². The quantitative estimate of drug-likeness (QED) is 0.718. The maximum Gasteiger partial charge on any atom is 0.573 e. The fourth-order valence-corrected chi connectivity index (χ4v) is 3.27. The smallest absolute Gasteiger partial charge is 0.406 e. The highest BCUT2D eigenvalue weighted by Crippen LogP contribution is 2.25. The van der Waals surface area contributed by atoms with Gasteiger partial charge >= 0.3 is 6.36 Å². The van der Waals surface area contributed by atoms with Crippen LogP contribution in [0, 0.1) is 5.82 Å². The van der Waals surface area contributed by atoms with Crippen molar-refractivity contribution < 1.29 is 27.1 Å². The Kier molecular flexibility index (Phi) is 7.87. The number of carbonyl (C=O) groups is 1. The molecular weight excluding hydrogens is 412 g/mol. The molecule has 0 bridgehead atoms. The molecule has 1 amide bonds. The number of amides is 1. The van der Waals surface area contributed by atoms with Crippen LogP contribution in [0.4, 0.5) is 17.6 Å². The van der Waals surface area contributed by atoms with E-state index in [-0.39, 0.29) is 42.3 Å². The molecule has 0 radical (unpaired) electrons. The van der Waals surface area contributed by atoms with Crippen LogP contribution in [0.5, 0.6) is 5.75 Å². The highest BCUT2D eigenvalue weighted by molar-refractivity contribution is 5.85. The maximum atomic E-state index is 13.6. The van der Waals surface area contributed by atoms with Crippen molar-refractivity contribution >= 4 is 18.3 Å². The highest BCUT2D eigenvalue weighted by atomic mass is 35.5. The first-order chi connectivity index (χ1) is 13.3. The zero-order valence-corrected chi connectivity index (χ0v) is 16.2. The van der Waals surface area contributed by atoms with Crippen LogP contribution in [-0.2, 0) is 11.2 Å². The number of aryl methyl sites for hydroxylation is 1. The number of hydrogen-bond donors (Lipinski definition) is 1. The number of hydrogen-bond acceptors (Lipinski definition) is 3. The zero-order chi connectivity index (χ0) is 20.1. The summed E-state index contributed by atoms with van der Waals surface area (Å²) in [6.07, 6.45) is -4.12. The van der Waals surface area contributed by atoms with Crippen LogP contribution in [0.15, 0.2) is 48.5 Å². The Morgan fingerprint density at radius 1 is 1.17 bits per heavy atom. The average Bonchev–Trinajstić information content (AvgIpc) is 2.66. The van der Waals surface area contributed by atoms with Gasteiger partial charge in [-0.25, -0.2) is 4.39 Å². The van der Waals surface area contributed by atoms with Gasteiger partial charge in [0, 0.05) is 26.1 Å². The molecule has 1 aliphatic rings. The van der Waals surface area contributed by atoms with Gasteiger partial charge in [-0.1, -0.05) is 24.3 Å². The summed E-state index contributed by atoms with van der Waals surface area (Å²) in [5.41, 5.74) is 1.47. The Balaban J connectivity index is 0.00000300. The van der Waals surface area contributed by atoms with Crippen molar-refractivity contribution in [3.05, 3.63) is 65.5 Å². The van der Waals surface area contributed by atoms with E-state index in [1.165, 1.54) is 36.4 Å². The topological polar surface area (TPSA) is 41.6 Å². The molecule has 1 heterocycles. The summed E-state index contributed by atoms with van der Waals surface area (Å²) in [7, 11) is 0. The van der Waals surface area contributed by atoms with Gasteiger partial charge in [0.15, 0.2) is 0 Å². The molecule has 1 fully saturated rings. The third-order valence-corrected chi connectivity index (χ3v) is 4.58. The Morgan fingerprint density at radius 3 is 2.55 bits per heavy atom. The minimum Gasteiger partial charge on any atom is -0.406 e. The Hall–Kier alpha value is -2.32. The number of halogens is 5. The van der Waals surface area contributed by atoms with Crippen LogP contribution in [-0.4, -0.2) is 36.8 Å². The molecule has 0 aliphatic carbocycles. The normalized spacial score (nSPS) is 16.8. The summed E-state index contributed by atoms with van der Waals surface area (Å²) in [5, 5.41) is 3.21. The lowest BCUT2D eigenvalue weighted by molar-refractivity contribution is -0.274. The number of nitrogens with zero attached hydrogens (tertiary/aromatic N) is 1. The van der Waals surface area contributed by atoms with Crippen LogP contribution >= 0.6 is 12.4 Å². The SMILES string of the molecule is Cl.O=C(CCc1ccc(OC(F)(F)F)cc1)N1CCNCC1c1cccc(F)c1. The first-order valence-electron chi connectivity index (χ1n) is 8.92. The van der Waals surface area contributed by atoms with Gasteiger partial charge in [0.1, 0.15) is 11.6 Å². The Bertz CT molecular complexity index is 815. The minimum absolute atomic E-state index is 0. The van der Waals surface area contributed by atoms with Gasteiger partial charge in [-0.15, -0.1) is 25.6 Å². The lowest BCUT2D eigenvalue weighted by atomic mass is 10.0. The molecule has 1 atom stereocenters. The number of benzene rings is 2. The summed E-state index contributed by atoms with van der Waals surface area (Å²) in [4.78, 5) is 14.5. The number of nitrogens with one attached hydrogen (secondary N) is 1. The van der Waals surface area contributed by atoms with Gasteiger partial charge in [-0.3, -0.25) is 4.79 Å². The molecule has 29 heavy (non-hydrogen) atoms. The van der Waals surface area contributed by atoms with Crippen molar-refractivity contribution in [1.29, 1.82) is 0 Å². The molecule has 0 spiro atoms. The Morgan fingerprint density at radius 2 is 1.90 bits per heavy atom. The van der Waals surface area contributed by atoms with E-state index in [4.69, 9.17) is 0 Å². The van der Waals surface area contributed by atoms with Gasteiger partial charge in [0.05, 0.1) is 6.04 Å². The van der Waals surface area contributed by atoms with E-state index in [1.807, 2.05) is 0 Å². The molecule has 0 saturated carbocycles. The lowest BCUT2D eigenvalue weighted by Gasteiger charge is -2.36. The minimum atomic E-state index is -4.73. The van der Waals surface area contributed by atoms with Crippen LogP contribution < -0.4 is 10.1 Å². The van der Waals surface area contributed by atoms with Crippen molar-refractivity contribution in [1.82, 2.24) is 10.2 Å². The van der Waals surface area contributed by atoms with E-state index in [0.717, 1.165) is 11.1 Å². The lowest BCUT2D eigenvalue weighted by Crippen LogP contribution is -2.48. The van der Waals surface area contributed by atoms with Crippen LogP contribution in [0.1, 0.15) is 23.6 Å². The third kappa shape index (κ3) is 6.61. The molecule has 9 heteroatoms. The molecule has 2 aromatic carbocycles. The molecule has 4 nitrogen and oxygen atoms in total. The van der Waals surface area contributed by atoms with Crippen molar-refractivity contribution in [2.75, 3.05) is 19.6 Å². The second kappa shape index (κ2) is 9.93. The van der Waals surface area contributed by atoms with E-state index in [9.17, 15) is 22.4 Å². The maximum absolute atomic E-state index is 13.6. The fraction of sp³-hybridized carbons (Fsp3) is 0.350. The average molecular weight is 433 g/mol. The van der Waals surface area contributed by atoms with Crippen molar-refractivity contribution in [2.24, 2.45) is 0 Å². The molecule has 1 saturated heterocycles. The van der Waals surface area contributed by atoms with Gasteiger partial charge in [-0.05, 0) is 41.8 Å². The van der Waals surface area contributed by atoms with Crippen molar-refractivity contribution in [2.45, 2.75) is 25.2 Å². The first-order valence-corrected chi connectivity index (χ1v) is 8.92. The van der Waals surface area contributed by atoms with Crippen LogP contribution in [0.2, 0.25) is 0 Å². The summed E-state index contributed by atoms with van der Waals surface area (Å²) in [5.74, 6) is -0.723. The molecule has 1 aliphatic heterocycles. The predicted molar refractivity (Wildman–Crippen MR) is 102 cm³/mol. The van der Waals surface area contributed by atoms with Gasteiger partial charge in [0.25, 0.3) is 0 Å². The second-order valence-corrected chi connectivity index (χ2v) is 6.55. The predicted octanol–water partition coefficient (Wildman–Crippen LogP) is 4.25. The number of alkyl halides is 3. The van der Waals surface area contributed by atoms with Gasteiger partial charge in [-0.2, -0.15) is 0 Å². The molecule has 1 unspecified atom stereocenters. The van der Waals surface area contributed by atoms with Crippen LogP contribution in [0.25, 0.3) is 0 Å². The standard InChI is InChI=1S/C20H20F4N2O2.ClH/c21-16-3-1-2-15(12-16)18-13-25-10-11-26(18)19(27)9-6-14-4-7-17(8-5-14)28-20(22,23)24;/h1-5,7-8,12,18,25H,6,9-11,13H2;1H. The van der Waals surface area contributed by atoms with E-state index in [1.54, 1.807) is 17.0 Å². The zero-order valence-electron chi connectivity index (χ0n) is 15.4.